The first-order valence-corrected chi connectivity index (χ1v) is 8.06. The number of halogens is 1. The fourth-order valence-electron chi connectivity index (χ4n) is 1.94. The monoisotopic (exact) mass is 254 g/mol. The lowest BCUT2D eigenvalue weighted by Crippen LogP contribution is -2.14. The van der Waals surface area contributed by atoms with Crippen LogP contribution in [0.5, 0.6) is 0 Å². The molecule has 0 spiro atoms. The van der Waals surface area contributed by atoms with Crippen LogP contribution in [-0.4, -0.2) is 27.4 Å². The van der Waals surface area contributed by atoms with Gasteiger partial charge in [0, 0.05) is 23.9 Å². The highest BCUT2D eigenvalue weighted by Crippen LogP contribution is 2.23. The molecule has 15 heavy (non-hydrogen) atoms. The number of ether oxygens (including phenoxy) is 1. The van der Waals surface area contributed by atoms with Gasteiger partial charge in [-0.25, -0.2) is 8.42 Å². The number of hydrogen-bond donors (Lipinski definition) is 0. The Kier molecular flexibility index (Phi) is 5.94. The van der Waals surface area contributed by atoms with E-state index in [0.717, 1.165) is 6.61 Å². The molecule has 0 amide bonds. The van der Waals surface area contributed by atoms with Crippen LogP contribution in [0.15, 0.2) is 0 Å². The predicted octanol–water partition coefficient (Wildman–Crippen LogP) is 2.54. The Morgan fingerprint density at radius 2 is 1.87 bits per heavy atom. The molecule has 1 aliphatic rings. The van der Waals surface area contributed by atoms with Crippen LogP contribution >= 0.6 is 10.7 Å². The van der Waals surface area contributed by atoms with Crippen LogP contribution in [0.3, 0.4) is 0 Å². The summed E-state index contributed by atoms with van der Waals surface area (Å²) in [7, 11) is 1.74. The Balaban J connectivity index is 1.96. The Morgan fingerprint density at radius 3 is 2.47 bits per heavy atom. The maximum Gasteiger partial charge on any atom is 0.232 e. The Labute approximate surface area is 96.6 Å². The molecule has 0 unspecified atom stereocenters. The van der Waals surface area contributed by atoms with Gasteiger partial charge in [0.15, 0.2) is 0 Å². The standard InChI is InChI=1S/C10H19ClO3S/c11-15(12,13)8-4-7-14-9-10-5-2-1-3-6-10/h10H,1-9H2. The highest BCUT2D eigenvalue weighted by molar-refractivity contribution is 8.13. The maximum atomic E-state index is 10.6. The third-order valence-corrected chi connectivity index (χ3v) is 3.99. The van der Waals surface area contributed by atoms with Crippen LogP contribution in [-0.2, 0) is 13.8 Å². The Morgan fingerprint density at radius 1 is 1.20 bits per heavy atom. The van der Waals surface area contributed by atoms with Crippen molar-refractivity contribution in [2.24, 2.45) is 5.92 Å². The van der Waals surface area contributed by atoms with E-state index in [0.29, 0.717) is 18.9 Å². The second kappa shape index (κ2) is 6.71. The lowest BCUT2D eigenvalue weighted by atomic mass is 9.90. The van der Waals surface area contributed by atoms with Crippen LogP contribution in [0.2, 0.25) is 0 Å². The van der Waals surface area contributed by atoms with Gasteiger partial charge in [0.05, 0.1) is 5.75 Å². The van der Waals surface area contributed by atoms with Gasteiger partial charge in [0.25, 0.3) is 0 Å². The van der Waals surface area contributed by atoms with Crippen molar-refractivity contribution in [2.75, 3.05) is 19.0 Å². The zero-order valence-corrected chi connectivity index (χ0v) is 10.5. The first kappa shape index (κ1) is 13.3. The molecule has 0 N–H and O–H groups in total. The van der Waals surface area contributed by atoms with Crippen LogP contribution in [0.4, 0.5) is 0 Å². The lowest BCUT2D eigenvalue weighted by molar-refractivity contribution is 0.0861. The fourth-order valence-corrected chi connectivity index (χ4v) is 2.73. The van der Waals surface area contributed by atoms with E-state index in [-0.39, 0.29) is 5.75 Å². The van der Waals surface area contributed by atoms with Crippen molar-refractivity contribution in [3.05, 3.63) is 0 Å². The second-order valence-corrected chi connectivity index (χ2v) is 7.07. The van der Waals surface area contributed by atoms with E-state index < -0.39 is 9.05 Å². The van der Waals surface area contributed by atoms with Crippen molar-refractivity contribution in [1.82, 2.24) is 0 Å². The van der Waals surface area contributed by atoms with E-state index >= 15 is 0 Å². The topological polar surface area (TPSA) is 43.4 Å². The summed E-state index contributed by atoms with van der Waals surface area (Å²) >= 11 is 0. The van der Waals surface area contributed by atoms with Gasteiger partial charge in [-0.05, 0) is 25.2 Å². The molecule has 0 aromatic heterocycles. The van der Waals surface area contributed by atoms with E-state index in [1.807, 2.05) is 0 Å². The van der Waals surface area contributed by atoms with Gasteiger partial charge in [-0.15, -0.1) is 0 Å². The van der Waals surface area contributed by atoms with Gasteiger partial charge >= 0.3 is 0 Å². The molecule has 1 rings (SSSR count). The van der Waals surface area contributed by atoms with Crippen molar-refractivity contribution in [2.45, 2.75) is 38.5 Å². The molecule has 3 nitrogen and oxygen atoms in total. The minimum Gasteiger partial charge on any atom is -0.381 e. The van der Waals surface area contributed by atoms with E-state index in [4.69, 9.17) is 15.4 Å². The summed E-state index contributed by atoms with van der Waals surface area (Å²) in [6, 6.07) is 0. The summed E-state index contributed by atoms with van der Waals surface area (Å²) in [5, 5.41) is 0. The van der Waals surface area contributed by atoms with Gasteiger partial charge < -0.3 is 4.74 Å². The predicted molar refractivity (Wildman–Crippen MR) is 61.7 cm³/mol. The maximum absolute atomic E-state index is 10.6. The Hall–Kier alpha value is 0.200. The smallest absolute Gasteiger partial charge is 0.232 e. The molecule has 1 saturated carbocycles. The van der Waals surface area contributed by atoms with Crippen molar-refractivity contribution in [1.29, 1.82) is 0 Å². The quantitative estimate of drug-likeness (QED) is 0.540. The molecule has 0 aromatic rings. The van der Waals surface area contributed by atoms with Crippen LogP contribution in [0.25, 0.3) is 0 Å². The van der Waals surface area contributed by atoms with Gasteiger partial charge in [-0.2, -0.15) is 0 Å². The van der Waals surface area contributed by atoms with E-state index in [1.54, 1.807) is 0 Å². The zero-order valence-electron chi connectivity index (χ0n) is 8.95. The molecule has 0 aliphatic heterocycles. The Bertz CT molecular complexity index is 258. The fraction of sp³-hybridized carbons (Fsp3) is 1.00. The van der Waals surface area contributed by atoms with Gasteiger partial charge in [0.2, 0.25) is 9.05 Å². The summed E-state index contributed by atoms with van der Waals surface area (Å²) in [6.07, 6.45) is 6.98. The summed E-state index contributed by atoms with van der Waals surface area (Å²) in [5.74, 6) is 0.700. The molecule has 0 heterocycles. The minimum absolute atomic E-state index is 0.0131. The van der Waals surface area contributed by atoms with Crippen LogP contribution in [0, 0.1) is 5.92 Å². The number of rotatable bonds is 6. The molecular weight excluding hydrogens is 236 g/mol. The summed E-state index contributed by atoms with van der Waals surface area (Å²) in [6.45, 7) is 1.28. The van der Waals surface area contributed by atoms with Crippen molar-refractivity contribution < 1.29 is 13.2 Å². The number of hydrogen-bond acceptors (Lipinski definition) is 3. The van der Waals surface area contributed by atoms with E-state index in [2.05, 4.69) is 0 Å². The molecule has 0 bridgehead atoms. The van der Waals surface area contributed by atoms with Gasteiger partial charge in [0.1, 0.15) is 0 Å². The molecule has 0 atom stereocenters. The van der Waals surface area contributed by atoms with Crippen molar-refractivity contribution in [3.8, 4) is 0 Å². The average molecular weight is 255 g/mol. The third-order valence-electron chi connectivity index (χ3n) is 2.76. The SMILES string of the molecule is O=S(=O)(Cl)CCCOCC1CCCCC1. The summed E-state index contributed by atoms with van der Waals surface area (Å²) in [4.78, 5) is 0. The molecular formula is C10H19ClO3S. The molecule has 0 saturated heterocycles. The summed E-state index contributed by atoms with van der Waals surface area (Å²) in [5.41, 5.74) is 0. The highest BCUT2D eigenvalue weighted by atomic mass is 35.7. The first-order chi connectivity index (χ1) is 7.08. The molecule has 0 radical (unpaired) electrons. The van der Waals surface area contributed by atoms with Crippen LogP contribution < -0.4 is 0 Å². The van der Waals surface area contributed by atoms with Gasteiger partial charge in [-0.1, -0.05) is 19.3 Å². The zero-order chi connectivity index (χ0) is 11.1. The highest BCUT2D eigenvalue weighted by Gasteiger charge is 2.13. The largest absolute Gasteiger partial charge is 0.381 e. The van der Waals surface area contributed by atoms with Crippen molar-refractivity contribution in [3.63, 3.8) is 0 Å². The third kappa shape index (κ3) is 7.14. The molecule has 0 aromatic carbocycles. The van der Waals surface area contributed by atoms with Crippen LogP contribution in [0.1, 0.15) is 38.5 Å². The lowest BCUT2D eigenvalue weighted by Gasteiger charge is -2.21. The minimum atomic E-state index is -3.34. The first-order valence-electron chi connectivity index (χ1n) is 5.58. The van der Waals surface area contributed by atoms with Crippen molar-refractivity contribution >= 4 is 19.7 Å². The normalized spacial score (nSPS) is 19.3. The second-order valence-electron chi connectivity index (χ2n) is 4.18. The molecule has 90 valence electrons. The van der Waals surface area contributed by atoms with E-state index in [9.17, 15) is 8.42 Å². The molecule has 5 heteroatoms. The molecule has 1 aliphatic carbocycles. The summed E-state index contributed by atoms with van der Waals surface area (Å²) < 4.78 is 26.7. The average Bonchev–Trinajstić information content (AvgIpc) is 2.17. The van der Waals surface area contributed by atoms with E-state index in [1.165, 1.54) is 32.1 Å². The molecule has 1 fully saturated rings. The van der Waals surface area contributed by atoms with Gasteiger partial charge in [-0.3, -0.25) is 0 Å².